The maximum atomic E-state index is 13.6. The molecular weight excluding hydrogens is 1780 g/mol. The summed E-state index contributed by atoms with van der Waals surface area (Å²) in [6.45, 7) is 4.81. The summed E-state index contributed by atoms with van der Waals surface area (Å²) in [6.07, 6.45) is 18.7. The zero-order valence-corrected chi connectivity index (χ0v) is 76.7. The van der Waals surface area contributed by atoms with Gasteiger partial charge < -0.3 is 53.5 Å². The summed E-state index contributed by atoms with van der Waals surface area (Å²) >= 11 is 5.14. The van der Waals surface area contributed by atoms with E-state index in [-0.39, 0.29) is 72.8 Å². The molecular formula is C109H95N15O14S. The van der Waals surface area contributed by atoms with Crippen molar-refractivity contribution in [2.24, 2.45) is 0 Å². The van der Waals surface area contributed by atoms with E-state index >= 15 is 0 Å². The first-order chi connectivity index (χ1) is 67.9. The van der Waals surface area contributed by atoms with Gasteiger partial charge in [0.1, 0.15) is 27.9 Å². The summed E-state index contributed by atoms with van der Waals surface area (Å²) in [5, 5.41) is 60.8. The summed E-state index contributed by atoms with van der Waals surface area (Å²) in [6, 6.07) is 67.4. The molecule has 5 N–H and O–H groups in total. The van der Waals surface area contributed by atoms with E-state index in [2.05, 4.69) is 68.0 Å². The first-order valence-electron chi connectivity index (χ1n) is 46.1. The molecule has 139 heavy (non-hydrogen) atoms. The Kier molecular flexibility index (Phi) is 26.7. The molecule has 0 spiro atoms. The van der Waals surface area contributed by atoms with E-state index in [1.807, 2.05) is 207 Å². The fourth-order valence-electron chi connectivity index (χ4n) is 19.3. The van der Waals surface area contributed by atoms with E-state index in [1.165, 1.54) is 0 Å². The molecule has 4 saturated heterocycles. The number of nitriles is 1. The Balaban J connectivity index is 0.000000114. The van der Waals surface area contributed by atoms with Gasteiger partial charge in [-0.15, -0.1) is 0 Å². The average Bonchev–Trinajstić information content (AvgIpc) is 1.02. The number of hydrogen-bond acceptors (Lipinski definition) is 25. The van der Waals surface area contributed by atoms with Gasteiger partial charge in [0.15, 0.2) is 5.76 Å². The van der Waals surface area contributed by atoms with Gasteiger partial charge in [-0.3, -0.25) is 52.4 Å². The molecule has 0 bridgehead atoms. The van der Waals surface area contributed by atoms with E-state index in [9.17, 15) is 39.6 Å². The van der Waals surface area contributed by atoms with Crippen molar-refractivity contribution in [1.82, 2.24) is 68.1 Å². The molecule has 8 atom stereocenters. The van der Waals surface area contributed by atoms with Gasteiger partial charge in [0.25, 0.3) is 22.2 Å². The Bertz CT molecular complexity index is 8210. The number of fused-ring (bicyclic) bond motifs is 12. The van der Waals surface area contributed by atoms with Crippen LogP contribution >= 0.6 is 12.2 Å². The van der Waals surface area contributed by atoms with Crippen molar-refractivity contribution < 1.29 is 48.5 Å². The molecule has 30 heteroatoms. The smallest absolute Gasteiger partial charge is 0.261 e. The monoisotopic (exact) mass is 1870 g/mol. The molecule has 15 heterocycles. The van der Waals surface area contributed by atoms with Gasteiger partial charge in [-0.1, -0.05) is 121 Å². The van der Waals surface area contributed by atoms with Gasteiger partial charge >= 0.3 is 0 Å². The standard InChI is InChI=1S/C29H23N5O3.C29H26N4O4.C28H25N3O4.C23H21N3O3S/c30-14-21-6-5-19(15-32-21)25-12-18(7-9-31-25)11-20-13-24-28(23-4-2-1-3-22(20)23)33-17-34(29(24)36)26-8-10-37-16-27(26)35;1-36-27-9-7-19(15-31-27)24-8-6-18(14-30-24)12-20-13-23-28(22-5-3-2-4-21(20)22)32-17-33(29(23)35)25-10-11-37-16-26(25)34;1-17-6-7-26(35-17)23-13-18(8-10-29-23)12-19-14-22-27(21-5-3-2-4-20(19)21)30-16-31(28(22)33)24-9-11-34-15-25(24)32;27-20-12-29-8-7-19(20)26-13-25-22-17-4-2-1-3-16(17)15(10-18(22)23(26)28)9-14-5-6-21(30)24-11-14/h1-7,9,12-13,15,17,26-27,35H,8,10-11,16H2;2-9,13-15,17,25-26,34H,10-12,16H2,1H3;2-8,10,13-14,16,24-25,32H,9,11-12,15H2,1H3;1-6,10-11,13,19-20,27H,7-9,12H2,(H,24,30)/t26-,27-;25-,26-;24-,25-;19-,20-/m0000/s1. The Morgan fingerprint density at radius 2 is 0.770 bits per heavy atom. The second-order valence-electron chi connectivity index (χ2n) is 35.2. The Morgan fingerprint density at radius 1 is 0.388 bits per heavy atom. The largest absolute Gasteiger partial charge is 0.481 e. The van der Waals surface area contributed by atoms with Gasteiger partial charge in [-0.05, 0) is 215 Å². The van der Waals surface area contributed by atoms with Crippen LogP contribution in [0, 0.1) is 22.9 Å². The summed E-state index contributed by atoms with van der Waals surface area (Å²) in [4.78, 5) is 98.0. The quantitative estimate of drug-likeness (QED) is 0.0443. The lowest BCUT2D eigenvalue weighted by Crippen LogP contribution is -2.39. The van der Waals surface area contributed by atoms with E-state index in [0.29, 0.717) is 138 Å². The molecule has 8 aromatic carbocycles. The number of nitrogens with zero attached hydrogens (tertiary/aromatic N) is 14. The van der Waals surface area contributed by atoms with Gasteiger partial charge in [0.2, 0.25) is 5.88 Å². The second kappa shape index (κ2) is 40.6. The minimum absolute atomic E-state index is 0.134. The molecule has 23 rings (SSSR count). The van der Waals surface area contributed by atoms with Crippen LogP contribution in [0.2, 0.25) is 0 Å². The maximum absolute atomic E-state index is 13.6. The highest BCUT2D eigenvalue weighted by atomic mass is 32.1. The predicted octanol–water partition coefficient (Wildman–Crippen LogP) is 15.7. The number of aryl methyl sites for hydroxylation is 1. The molecule has 0 saturated carbocycles. The summed E-state index contributed by atoms with van der Waals surface area (Å²) in [7, 11) is 1.59. The number of nitrogens with one attached hydrogen (secondary N) is 1. The van der Waals surface area contributed by atoms with Gasteiger partial charge in [0, 0.05) is 102 Å². The number of aromatic amines is 1. The highest BCUT2D eigenvalue weighted by molar-refractivity contribution is 7.71. The molecule has 4 aliphatic rings. The van der Waals surface area contributed by atoms with Crippen molar-refractivity contribution in [3.05, 3.63) is 371 Å². The molecule has 0 amide bonds. The molecule has 0 aliphatic carbocycles. The number of rotatable bonds is 16. The number of hydrogen-bond donors (Lipinski definition) is 5. The van der Waals surface area contributed by atoms with Crippen molar-refractivity contribution in [1.29, 1.82) is 5.26 Å². The van der Waals surface area contributed by atoms with Crippen LogP contribution in [-0.2, 0) is 44.6 Å². The average molecular weight is 1870 g/mol. The van der Waals surface area contributed by atoms with Gasteiger partial charge in [-0.2, -0.15) is 5.26 Å². The number of H-pyrrole nitrogens is 1. The minimum Gasteiger partial charge on any atom is -0.481 e. The number of aromatic nitrogens is 14. The van der Waals surface area contributed by atoms with Crippen LogP contribution in [0.4, 0.5) is 0 Å². The topological polar surface area (TPSA) is 384 Å². The van der Waals surface area contributed by atoms with Gasteiger partial charge in [-0.25, -0.2) is 29.9 Å². The zero-order valence-electron chi connectivity index (χ0n) is 75.9. The Morgan fingerprint density at radius 3 is 1.12 bits per heavy atom. The van der Waals surface area contributed by atoms with Crippen LogP contribution in [0.25, 0.3) is 121 Å². The Labute approximate surface area is 799 Å². The molecule has 4 fully saturated rings. The van der Waals surface area contributed by atoms with Crippen molar-refractivity contribution in [3.8, 4) is 45.9 Å². The lowest BCUT2D eigenvalue weighted by atomic mass is 9.95. The number of furan rings is 1. The molecule has 696 valence electrons. The van der Waals surface area contributed by atoms with Crippen molar-refractivity contribution >= 4 is 98.9 Å². The van der Waals surface area contributed by atoms with Crippen LogP contribution in [0.1, 0.15) is 106 Å². The minimum atomic E-state index is -0.752. The molecule has 0 unspecified atom stereocenters. The van der Waals surface area contributed by atoms with Crippen molar-refractivity contribution in [2.75, 3.05) is 60.0 Å². The van der Waals surface area contributed by atoms with Gasteiger partial charge in [0.05, 0.1) is 162 Å². The normalized spacial score (nSPS) is 18.2. The van der Waals surface area contributed by atoms with Crippen LogP contribution in [0.3, 0.4) is 0 Å². The van der Waals surface area contributed by atoms with E-state index in [1.54, 1.807) is 81.5 Å². The predicted molar refractivity (Wildman–Crippen MR) is 532 cm³/mol. The lowest BCUT2D eigenvalue weighted by molar-refractivity contribution is -0.0395. The summed E-state index contributed by atoms with van der Waals surface area (Å²) < 4.78 is 39.2. The summed E-state index contributed by atoms with van der Waals surface area (Å²) in [5.74, 6) is 2.13. The maximum Gasteiger partial charge on any atom is 0.261 e. The first-order valence-corrected chi connectivity index (χ1v) is 46.5. The second-order valence-corrected chi connectivity index (χ2v) is 35.6. The third-order valence-electron chi connectivity index (χ3n) is 26.4. The number of aliphatic hydroxyl groups is 4. The van der Waals surface area contributed by atoms with Crippen molar-refractivity contribution in [3.63, 3.8) is 0 Å². The molecule has 4 aliphatic heterocycles. The highest BCUT2D eigenvalue weighted by Crippen LogP contribution is 2.37. The zero-order chi connectivity index (χ0) is 95.3. The molecule has 29 nitrogen and oxygen atoms in total. The first kappa shape index (κ1) is 91.5. The molecule has 19 aromatic rings. The summed E-state index contributed by atoms with van der Waals surface area (Å²) in [5.41, 5.74) is 14.9. The van der Waals surface area contributed by atoms with Crippen molar-refractivity contribution in [2.45, 2.75) is 107 Å². The van der Waals surface area contributed by atoms with Crippen LogP contribution in [0.5, 0.6) is 5.88 Å². The number of aliphatic hydroxyl groups excluding tert-OH is 4. The van der Waals surface area contributed by atoms with Crippen LogP contribution < -0.4 is 27.0 Å². The molecule has 0 radical (unpaired) electrons. The van der Waals surface area contributed by atoms with E-state index in [0.717, 1.165) is 127 Å². The third-order valence-corrected chi connectivity index (χ3v) is 26.7. The molecule has 11 aromatic heterocycles. The lowest BCUT2D eigenvalue weighted by Gasteiger charge is -2.29. The van der Waals surface area contributed by atoms with E-state index < -0.39 is 24.4 Å². The highest BCUT2D eigenvalue weighted by Gasteiger charge is 2.33. The Hall–Kier alpha value is -15.3. The number of methoxy groups -OCH3 is 1. The fraction of sp³-hybridized carbons (Fsp3) is 0.239. The SMILES string of the molecule is COc1ccc(-c2ccc(Cc3cc4c(=O)n([C@H]5CCOC[C@@H]5O)cnc4c4ccccc34)cn2)cn1.Cc1ccc(-c2cc(Cc3cc4c(=O)n([C@H]5CCOC[C@@H]5O)cnc4c4ccccc34)ccn2)o1.N#Cc1ccc(-c2cc(Cc3cc4c(=O)n([C@H]5CCOC[C@@H]5O)cnc4c4ccccc34)ccn2)cn1.O=c1c2cc(Cc3ccc(=S)[nH]c3)c3ccccc3c2ncn1[C@H]1CCOC[C@@H]1O. The number of benzene rings is 8. The van der Waals surface area contributed by atoms with Crippen LogP contribution in [-0.4, -0.2) is 173 Å². The fourth-order valence-corrected chi connectivity index (χ4v) is 19.4. The number of pyridine rings is 6. The van der Waals surface area contributed by atoms with Crippen LogP contribution in [0.15, 0.2) is 292 Å². The van der Waals surface area contributed by atoms with E-state index in [4.69, 9.17) is 45.6 Å². The third kappa shape index (κ3) is 19.1. The number of ether oxygens (including phenoxy) is 5.